The molecule has 2 amide bonds. The number of sulfonamides is 1. The van der Waals surface area contributed by atoms with Crippen molar-refractivity contribution < 1.29 is 22.7 Å². The first-order valence-electron chi connectivity index (χ1n) is 13.0. The number of nitrogens with zero attached hydrogens (tertiary/aromatic N) is 3. The van der Waals surface area contributed by atoms with Gasteiger partial charge in [0.2, 0.25) is 21.8 Å². The van der Waals surface area contributed by atoms with Crippen molar-refractivity contribution in [2.45, 2.75) is 49.5 Å². The number of nitrogens with one attached hydrogen (secondary N) is 1. The lowest BCUT2D eigenvalue weighted by atomic mass is 9.86. The number of hydrogen-bond acceptors (Lipinski definition) is 6. The van der Waals surface area contributed by atoms with Crippen molar-refractivity contribution in [2.24, 2.45) is 0 Å². The highest BCUT2D eigenvalue weighted by Crippen LogP contribution is 2.40. The molecule has 38 heavy (non-hydrogen) atoms. The van der Waals surface area contributed by atoms with Crippen LogP contribution in [0, 0.1) is 0 Å². The standard InChI is InChI=1S/C28H38N4O5S/c1-27(2,3)22-10-12-24(13-11-22)38(35,36)31-17-14-28(15-18-31)26(34)30(20-25(33)29-16-19-37-4)21-32(28)23-8-6-5-7-9-23/h5-13H,14-21H2,1-4H3,(H,29,33). The van der Waals surface area contributed by atoms with Crippen LogP contribution in [0.4, 0.5) is 5.69 Å². The molecule has 0 atom stereocenters. The Morgan fingerprint density at radius 2 is 1.66 bits per heavy atom. The molecular weight excluding hydrogens is 504 g/mol. The fourth-order valence-corrected chi connectivity index (χ4v) is 6.66. The third-order valence-corrected chi connectivity index (χ3v) is 9.37. The van der Waals surface area contributed by atoms with E-state index in [1.807, 2.05) is 47.4 Å². The summed E-state index contributed by atoms with van der Waals surface area (Å²) in [4.78, 5) is 30.1. The van der Waals surface area contributed by atoms with E-state index in [2.05, 4.69) is 26.1 Å². The number of benzene rings is 2. The molecule has 2 heterocycles. The molecular formula is C28H38N4O5S. The molecule has 4 rings (SSSR count). The van der Waals surface area contributed by atoms with Crippen molar-refractivity contribution in [2.75, 3.05) is 51.5 Å². The Labute approximate surface area is 225 Å². The predicted octanol–water partition coefficient (Wildman–Crippen LogP) is 2.58. The van der Waals surface area contributed by atoms with Crippen LogP contribution in [-0.2, 0) is 29.8 Å². The second kappa shape index (κ2) is 11.0. The fourth-order valence-electron chi connectivity index (χ4n) is 5.22. The number of hydrogen-bond donors (Lipinski definition) is 1. The Morgan fingerprint density at radius 3 is 2.24 bits per heavy atom. The van der Waals surface area contributed by atoms with Crippen LogP contribution in [0.15, 0.2) is 59.5 Å². The summed E-state index contributed by atoms with van der Waals surface area (Å²) < 4.78 is 33.4. The van der Waals surface area contributed by atoms with Crippen LogP contribution in [0.2, 0.25) is 0 Å². The smallest absolute Gasteiger partial charge is 0.250 e. The molecule has 1 N–H and O–H groups in total. The van der Waals surface area contributed by atoms with Crippen LogP contribution in [-0.4, -0.2) is 81.5 Å². The lowest BCUT2D eigenvalue weighted by Crippen LogP contribution is -2.57. The molecule has 0 saturated carbocycles. The normalized spacial score (nSPS) is 18.3. The fraction of sp³-hybridized carbons (Fsp3) is 0.500. The van der Waals surface area contributed by atoms with E-state index in [4.69, 9.17) is 4.74 Å². The minimum Gasteiger partial charge on any atom is -0.383 e. The van der Waals surface area contributed by atoms with E-state index in [1.54, 1.807) is 24.1 Å². The number of ether oxygens (including phenoxy) is 1. The molecule has 2 fully saturated rings. The summed E-state index contributed by atoms with van der Waals surface area (Å²) >= 11 is 0. The maximum absolute atomic E-state index is 13.8. The van der Waals surface area contributed by atoms with Gasteiger partial charge in [-0.1, -0.05) is 51.1 Å². The van der Waals surface area contributed by atoms with Gasteiger partial charge in [-0.3, -0.25) is 9.59 Å². The summed E-state index contributed by atoms with van der Waals surface area (Å²) in [6.07, 6.45) is 0.670. The second-order valence-corrected chi connectivity index (χ2v) is 12.9. The molecule has 2 saturated heterocycles. The molecule has 1 spiro atoms. The number of amides is 2. The van der Waals surface area contributed by atoms with E-state index in [1.165, 1.54) is 4.31 Å². The molecule has 0 aliphatic carbocycles. The first kappa shape index (κ1) is 28.1. The van der Waals surface area contributed by atoms with Crippen LogP contribution < -0.4 is 10.2 Å². The van der Waals surface area contributed by atoms with Crippen LogP contribution in [0.3, 0.4) is 0 Å². The van der Waals surface area contributed by atoms with Gasteiger partial charge in [0.25, 0.3) is 0 Å². The number of anilines is 1. The van der Waals surface area contributed by atoms with Crippen LogP contribution in [0.25, 0.3) is 0 Å². The SMILES string of the molecule is COCCNC(=O)CN1CN(c2ccccc2)C2(CCN(S(=O)(=O)c3ccc(C(C)(C)C)cc3)CC2)C1=O. The van der Waals surface area contributed by atoms with Gasteiger partial charge in [0.1, 0.15) is 12.1 Å². The molecule has 0 radical (unpaired) electrons. The highest BCUT2D eigenvalue weighted by atomic mass is 32.2. The topological polar surface area (TPSA) is 99.3 Å². The largest absolute Gasteiger partial charge is 0.383 e. The van der Waals surface area contributed by atoms with Gasteiger partial charge < -0.3 is 19.9 Å². The quantitative estimate of drug-likeness (QED) is 0.515. The molecule has 10 heteroatoms. The molecule has 2 aromatic carbocycles. The van der Waals surface area contributed by atoms with E-state index < -0.39 is 15.6 Å². The minimum atomic E-state index is -3.70. The van der Waals surface area contributed by atoms with E-state index in [9.17, 15) is 18.0 Å². The molecule has 0 aromatic heterocycles. The zero-order chi connectivity index (χ0) is 27.6. The maximum Gasteiger partial charge on any atom is 0.250 e. The number of carbonyl (C=O) groups excluding carboxylic acids is 2. The first-order chi connectivity index (χ1) is 18.0. The Hall–Kier alpha value is -2.95. The number of para-hydroxylation sites is 1. The lowest BCUT2D eigenvalue weighted by molar-refractivity contribution is -0.137. The average Bonchev–Trinajstić information content (AvgIpc) is 3.15. The van der Waals surface area contributed by atoms with E-state index in [0.29, 0.717) is 26.0 Å². The zero-order valence-electron chi connectivity index (χ0n) is 22.6. The van der Waals surface area contributed by atoms with Gasteiger partial charge >= 0.3 is 0 Å². The second-order valence-electron chi connectivity index (χ2n) is 11.0. The van der Waals surface area contributed by atoms with Gasteiger partial charge in [-0.05, 0) is 48.1 Å². The molecule has 2 aliphatic rings. The zero-order valence-corrected chi connectivity index (χ0v) is 23.5. The van der Waals surface area contributed by atoms with E-state index in [0.717, 1.165) is 11.3 Å². The van der Waals surface area contributed by atoms with Crippen molar-refractivity contribution in [3.8, 4) is 0 Å². The lowest BCUT2D eigenvalue weighted by Gasteiger charge is -2.42. The van der Waals surface area contributed by atoms with Crippen molar-refractivity contribution in [1.29, 1.82) is 0 Å². The molecule has 2 aliphatic heterocycles. The molecule has 2 aromatic rings. The number of methoxy groups -OCH3 is 1. The van der Waals surface area contributed by atoms with Gasteiger partial charge in [-0.15, -0.1) is 0 Å². The predicted molar refractivity (Wildman–Crippen MR) is 146 cm³/mol. The van der Waals surface area contributed by atoms with Crippen LogP contribution in [0.5, 0.6) is 0 Å². The van der Waals surface area contributed by atoms with Gasteiger partial charge in [0.15, 0.2) is 0 Å². The van der Waals surface area contributed by atoms with Crippen molar-refractivity contribution in [3.63, 3.8) is 0 Å². The monoisotopic (exact) mass is 542 g/mol. The molecule has 0 bridgehead atoms. The first-order valence-corrected chi connectivity index (χ1v) is 14.4. The highest BCUT2D eigenvalue weighted by Gasteiger charge is 2.55. The summed E-state index contributed by atoms with van der Waals surface area (Å²) in [5.74, 6) is -0.394. The van der Waals surface area contributed by atoms with Crippen molar-refractivity contribution in [3.05, 3.63) is 60.2 Å². The van der Waals surface area contributed by atoms with Gasteiger partial charge in [0.05, 0.1) is 18.2 Å². The third kappa shape index (κ3) is 5.57. The van der Waals surface area contributed by atoms with Crippen LogP contribution in [0.1, 0.15) is 39.2 Å². The molecule has 9 nitrogen and oxygen atoms in total. The summed E-state index contributed by atoms with van der Waals surface area (Å²) in [6.45, 7) is 7.66. The highest BCUT2D eigenvalue weighted by molar-refractivity contribution is 7.89. The Kier molecular flexibility index (Phi) is 8.15. The third-order valence-electron chi connectivity index (χ3n) is 7.45. The van der Waals surface area contributed by atoms with Crippen molar-refractivity contribution >= 4 is 27.5 Å². The van der Waals surface area contributed by atoms with E-state index in [-0.39, 0.29) is 48.4 Å². The van der Waals surface area contributed by atoms with E-state index >= 15 is 0 Å². The molecule has 206 valence electrons. The average molecular weight is 543 g/mol. The Balaban J connectivity index is 1.53. The Morgan fingerprint density at radius 1 is 1.03 bits per heavy atom. The van der Waals surface area contributed by atoms with Gasteiger partial charge in [0, 0.05) is 32.4 Å². The number of rotatable bonds is 8. The molecule has 0 unspecified atom stereocenters. The van der Waals surface area contributed by atoms with Gasteiger partial charge in [-0.25, -0.2) is 8.42 Å². The summed E-state index contributed by atoms with van der Waals surface area (Å²) in [5.41, 5.74) is 0.958. The summed E-state index contributed by atoms with van der Waals surface area (Å²) in [6, 6.07) is 16.7. The van der Waals surface area contributed by atoms with Crippen LogP contribution >= 0.6 is 0 Å². The minimum absolute atomic E-state index is 0.0598. The number of carbonyl (C=O) groups is 2. The summed E-state index contributed by atoms with van der Waals surface area (Å²) in [5, 5.41) is 2.77. The van der Waals surface area contributed by atoms with Crippen molar-refractivity contribution in [1.82, 2.24) is 14.5 Å². The Bertz CT molecular complexity index is 1230. The maximum atomic E-state index is 13.8. The van der Waals surface area contributed by atoms with Gasteiger partial charge in [-0.2, -0.15) is 4.31 Å². The summed E-state index contributed by atoms with van der Waals surface area (Å²) in [7, 11) is -2.14. The number of piperidine rings is 1.